The van der Waals surface area contributed by atoms with Crippen LogP contribution in [-0.2, 0) is 11.3 Å². The summed E-state index contributed by atoms with van der Waals surface area (Å²) in [5.74, 6) is 1.55. The molecule has 2 N–H and O–H groups in total. The van der Waals surface area contributed by atoms with Gasteiger partial charge in [-0.2, -0.15) is 0 Å². The van der Waals surface area contributed by atoms with Gasteiger partial charge in [0.2, 0.25) is 0 Å². The highest BCUT2D eigenvalue weighted by Crippen LogP contribution is 2.30. The van der Waals surface area contributed by atoms with E-state index in [1.165, 1.54) is 0 Å². The van der Waals surface area contributed by atoms with E-state index in [0.29, 0.717) is 19.8 Å². The molecule has 2 rings (SSSR count). The van der Waals surface area contributed by atoms with Gasteiger partial charge in [-0.25, -0.2) is 0 Å². The Morgan fingerprint density at radius 3 is 2.94 bits per heavy atom. The maximum Gasteiger partial charge on any atom is 0.161 e. The topological polar surface area (TPSA) is 53.7 Å². The summed E-state index contributed by atoms with van der Waals surface area (Å²) in [7, 11) is 0. The monoisotopic (exact) mass is 251 g/mol. The number of rotatable bonds is 5. The number of ether oxygens (including phenoxy) is 3. The van der Waals surface area contributed by atoms with Gasteiger partial charge in [0, 0.05) is 13.2 Å². The Balaban J connectivity index is 2.09. The van der Waals surface area contributed by atoms with Crippen LogP contribution in [0.25, 0.3) is 0 Å². The number of hydrogen-bond donors (Lipinski definition) is 1. The Bertz CT molecular complexity index is 375. The average molecular weight is 251 g/mol. The summed E-state index contributed by atoms with van der Waals surface area (Å²) in [5.41, 5.74) is 6.68. The molecule has 0 radical (unpaired) electrons. The van der Waals surface area contributed by atoms with Gasteiger partial charge >= 0.3 is 0 Å². The van der Waals surface area contributed by atoms with Gasteiger partial charge in [0.15, 0.2) is 11.5 Å². The molecule has 0 amide bonds. The van der Waals surface area contributed by atoms with Crippen molar-refractivity contribution in [3.63, 3.8) is 0 Å². The first kappa shape index (κ1) is 13.2. The molecule has 100 valence electrons. The molecule has 1 atom stereocenters. The van der Waals surface area contributed by atoms with Crippen LogP contribution in [0, 0.1) is 0 Å². The highest BCUT2D eigenvalue weighted by molar-refractivity contribution is 5.43. The molecule has 1 aliphatic rings. The fraction of sp³-hybridized carbons (Fsp3) is 0.571. The second-order valence-corrected chi connectivity index (χ2v) is 4.38. The Kier molecular flexibility index (Phi) is 4.84. The SMILES string of the molecule is CCOc1cc(CN)ccc1OC1CCCOC1. The molecule has 0 saturated carbocycles. The summed E-state index contributed by atoms with van der Waals surface area (Å²) >= 11 is 0. The summed E-state index contributed by atoms with van der Waals surface area (Å²) in [5, 5.41) is 0. The van der Waals surface area contributed by atoms with Gasteiger partial charge in [-0.3, -0.25) is 0 Å². The van der Waals surface area contributed by atoms with Crippen LogP contribution in [0.15, 0.2) is 18.2 Å². The summed E-state index contributed by atoms with van der Waals surface area (Å²) < 4.78 is 17.0. The van der Waals surface area contributed by atoms with Crippen molar-refractivity contribution in [1.82, 2.24) is 0 Å². The molecular weight excluding hydrogens is 230 g/mol. The second-order valence-electron chi connectivity index (χ2n) is 4.38. The van der Waals surface area contributed by atoms with E-state index < -0.39 is 0 Å². The third-order valence-electron chi connectivity index (χ3n) is 2.96. The van der Waals surface area contributed by atoms with E-state index in [-0.39, 0.29) is 6.10 Å². The van der Waals surface area contributed by atoms with Gasteiger partial charge in [-0.15, -0.1) is 0 Å². The average Bonchev–Trinajstić information content (AvgIpc) is 2.42. The Morgan fingerprint density at radius 2 is 2.28 bits per heavy atom. The van der Waals surface area contributed by atoms with Crippen LogP contribution in [-0.4, -0.2) is 25.9 Å². The minimum absolute atomic E-state index is 0.127. The first-order chi connectivity index (χ1) is 8.83. The molecule has 0 aliphatic carbocycles. The van der Waals surface area contributed by atoms with Crippen molar-refractivity contribution >= 4 is 0 Å². The van der Waals surface area contributed by atoms with E-state index in [1.54, 1.807) is 0 Å². The molecule has 1 saturated heterocycles. The first-order valence-corrected chi connectivity index (χ1v) is 6.53. The third-order valence-corrected chi connectivity index (χ3v) is 2.96. The highest BCUT2D eigenvalue weighted by Gasteiger charge is 2.17. The van der Waals surface area contributed by atoms with Crippen molar-refractivity contribution in [2.45, 2.75) is 32.4 Å². The van der Waals surface area contributed by atoms with Crippen LogP contribution in [0.1, 0.15) is 25.3 Å². The van der Waals surface area contributed by atoms with Gasteiger partial charge in [0.25, 0.3) is 0 Å². The van der Waals surface area contributed by atoms with E-state index in [4.69, 9.17) is 19.9 Å². The third kappa shape index (κ3) is 3.37. The van der Waals surface area contributed by atoms with Gasteiger partial charge in [0.05, 0.1) is 13.2 Å². The normalized spacial score (nSPS) is 19.6. The number of hydrogen-bond acceptors (Lipinski definition) is 4. The molecule has 0 bridgehead atoms. The van der Waals surface area contributed by atoms with E-state index in [1.807, 2.05) is 25.1 Å². The lowest BCUT2D eigenvalue weighted by molar-refractivity contribution is 0.00624. The molecule has 0 aromatic heterocycles. The lowest BCUT2D eigenvalue weighted by Crippen LogP contribution is -2.28. The van der Waals surface area contributed by atoms with Crippen molar-refractivity contribution in [2.24, 2.45) is 5.73 Å². The molecule has 4 heteroatoms. The van der Waals surface area contributed by atoms with Crippen LogP contribution in [0.4, 0.5) is 0 Å². The second kappa shape index (κ2) is 6.61. The van der Waals surface area contributed by atoms with E-state index in [2.05, 4.69) is 0 Å². The smallest absolute Gasteiger partial charge is 0.161 e. The van der Waals surface area contributed by atoms with Gasteiger partial charge < -0.3 is 19.9 Å². The van der Waals surface area contributed by atoms with Crippen molar-refractivity contribution < 1.29 is 14.2 Å². The van der Waals surface area contributed by atoms with Crippen molar-refractivity contribution in [3.8, 4) is 11.5 Å². The van der Waals surface area contributed by atoms with Crippen LogP contribution in [0.5, 0.6) is 11.5 Å². The predicted octanol–water partition coefficient (Wildman–Crippen LogP) is 2.10. The molecular formula is C14H21NO3. The van der Waals surface area contributed by atoms with Crippen LogP contribution < -0.4 is 15.2 Å². The first-order valence-electron chi connectivity index (χ1n) is 6.53. The van der Waals surface area contributed by atoms with Gasteiger partial charge in [-0.1, -0.05) is 6.07 Å². The number of nitrogens with two attached hydrogens (primary N) is 1. The fourth-order valence-corrected chi connectivity index (χ4v) is 2.03. The molecule has 0 spiro atoms. The zero-order valence-corrected chi connectivity index (χ0v) is 10.9. The Labute approximate surface area is 108 Å². The Morgan fingerprint density at radius 1 is 1.39 bits per heavy atom. The van der Waals surface area contributed by atoms with E-state index in [9.17, 15) is 0 Å². The van der Waals surface area contributed by atoms with Crippen LogP contribution in [0.3, 0.4) is 0 Å². The quantitative estimate of drug-likeness (QED) is 0.870. The molecule has 1 fully saturated rings. The van der Waals surface area contributed by atoms with Crippen molar-refractivity contribution in [1.29, 1.82) is 0 Å². The standard InChI is InChI=1S/C14H21NO3/c1-2-17-14-8-11(9-15)5-6-13(14)18-12-4-3-7-16-10-12/h5-6,8,12H,2-4,7,9-10,15H2,1H3. The molecule has 1 aromatic rings. The summed E-state index contributed by atoms with van der Waals surface area (Å²) in [4.78, 5) is 0. The molecule has 1 heterocycles. The van der Waals surface area contributed by atoms with Crippen molar-refractivity contribution in [2.75, 3.05) is 19.8 Å². The number of benzene rings is 1. The molecule has 1 unspecified atom stereocenters. The summed E-state index contributed by atoms with van der Waals surface area (Å²) in [6.07, 6.45) is 2.21. The Hall–Kier alpha value is -1.26. The molecule has 18 heavy (non-hydrogen) atoms. The fourth-order valence-electron chi connectivity index (χ4n) is 2.03. The summed E-state index contributed by atoms with van der Waals surface area (Å²) in [6, 6.07) is 5.85. The molecule has 1 aromatic carbocycles. The lowest BCUT2D eigenvalue weighted by Gasteiger charge is -2.24. The summed E-state index contributed by atoms with van der Waals surface area (Å²) in [6.45, 7) is 4.58. The van der Waals surface area contributed by atoms with E-state index >= 15 is 0 Å². The van der Waals surface area contributed by atoms with Crippen LogP contribution >= 0.6 is 0 Å². The maximum absolute atomic E-state index is 5.95. The van der Waals surface area contributed by atoms with Crippen molar-refractivity contribution in [3.05, 3.63) is 23.8 Å². The zero-order chi connectivity index (χ0) is 12.8. The minimum atomic E-state index is 0.127. The largest absolute Gasteiger partial charge is 0.490 e. The van der Waals surface area contributed by atoms with E-state index in [0.717, 1.165) is 36.5 Å². The van der Waals surface area contributed by atoms with Crippen LogP contribution in [0.2, 0.25) is 0 Å². The molecule has 4 nitrogen and oxygen atoms in total. The maximum atomic E-state index is 5.95. The van der Waals surface area contributed by atoms with Gasteiger partial charge in [0.1, 0.15) is 6.10 Å². The minimum Gasteiger partial charge on any atom is -0.490 e. The highest BCUT2D eigenvalue weighted by atomic mass is 16.6. The lowest BCUT2D eigenvalue weighted by atomic mass is 10.1. The van der Waals surface area contributed by atoms with Gasteiger partial charge in [-0.05, 0) is 37.5 Å². The molecule has 1 aliphatic heterocycles. The predicted molar refractivity (Wildman–Crippen MR) is 70.0 cm³/mol. The zero-order valence-electron chi connectivity index (χ0n) is 10.9.